The Hall–Kier alpha value is -1.58. The molecule has 0 amide bonds. The van der Waals surface area contributed by atoms with Gasteiger partial charge < -0.3 is 9.84 Å². The largest absolute Gasteiger partial charge is 0.495 e. The van der Waals surface area contributed by atoms with E-state index >= 15 is 0 Å². The van der Waals surface area contributed by atoms with Gasteiger partial charge in [-0.1, -0.05) is 23.7 Å². The second-order valence-corrected chi connectivity index (χ2v) is 4.34. The Balaban J connectivity index is 2.14. The molecule has 0 saturated heterocycles. The smallest absolute Gasteiger partial charge is 0.137 e. The number of hydrogen-bond acceptors (Lipinski definition) is 3. The van der Waals surface area contributed by atoms with Crippen LogP contribution in [-0.2, 0) is 6.42 Å². The molecule has 0 radical (unpaired) electrons. The number of aliphatic hydroxyl groups is 1. The van der Waals surface area contributed by atoms with Crippen LogP contribution in [0.2, 0.25) is 5.02 Å². The van der Waals surface area contributed by atoms with Crippen LogP contribution in [0.15, 0.2) is 42.6 Å². The number of hydrogen-bond donors (Lipinski definition) is 1. The molecule has 1 aromatic carbocycles. The van der Waals surface area contributed by atoms with Gasteiger partial charge in [-0.25, -0.2) is 0 Å². The minimum Gasteiger partial charge on any atom is -0.495 e. The second kappa shape index (κ2) is 5.85. The van der Waals surface area contributed by atoms with Crippen LogP contribution in [0.5, 0.6) is 5.75 Å². The SMILES string of the molecule is COc1ccc(C(O)Cc2ccccn2)cc1Cl. The Morgan fingerprint density at radius 1 is 1.33 bits per heavy atom. The molecule has 1 unspecified atom stereocenters. The average Bonchev–Trinajstić information content (AvgIpc) is 2.39. The van der Waals surface area contributed by atoms with Gasteiger partial charge in [0.05, 0.1) is 18.2 Å². The predicted molar refractivity (Wildman–Crippen MR) is 70.9 cm³/mol. The molecule has 2 aromatic rings. The van der Waals surface area contributed by atoms with Crippen molar-refractivity contribution in [3.05, 3.63) is 58.9 Å². The predicted octanol–water partition coefficient (Wildman–Crippen LogP) is 3.02. The van der Waals surface area contributed by atoms with Gasteiger partial charge in [0, 0.05) is 18.3 Å². The summed E-state index contributed by atoms with van der Waals surface area (Å²) in [5.41, 5.74) is 1.60. The van der Waals surface area contributed by atoms with E-state index in [4.69, 9.17) is 16.3 Å². The molecule has 0 aliphatic rings. The molecule has 2 rings (SSSR count). The van der Waals surface area contributed by atoms with Crippen LogP contribution < -0.4 is 4.74 Å². The number of aliphatic hydroxyl groups excluding tert-OH is 1. The normalized spacial score (nSPS) is 12.2. The molecular weight excluding hydrogens is 250 g/mol. The lowest BCUT2D eigenvalue weighted by molar-refractivity contribution is 0.177. The van der Waals surface area contributed by atoms with Crippen molar-refractivity contribution in [3.8, 4) is 5.75 Å². The molecule has 18 heavy (non-hydrogen) atoms. The van der Waals surface area contributed by atoms with Gasteiger partial charge in [-0.15, -0.1) is 0 Å². The summed E-state index contributed by atoms with van der Waals surface area (Å²) in [6.07, 6.45) is 1.55. The van der Waals surface area contributed by atoms with Gasteiger partial charge in [0.1, 0.15) is 5.75 Å². The number of benzene rings is 1. The molecule has 3 nitrogen and oxygen atoms in total. The van der Waals surface area contributed by atoms with Crippen molar-refractivity contribution in [3.63, 3.8) is 0 Å². The lowest BCUT2D eigenvalue weighted by Gasteiger charge is -2.12. The molecule has 1 heterocycles. The summed E-state index contributed by atoms with van der Waals surface area (Å²) in [5.74, 6) is 0.602. The molecule has 0 aliphatic carbocycles. The minimum absolute atomic E-state index is 0.462. The van der Waals surface area contributed by atoms with Crippen molar-refractivity contribution in [2.75, 3.05) is 7.11 Å². The Morgan fingerprint density at radius 3 is 2.78 bits per heavy atom. The van der Waals surface area contributed by atoms with Crippen LogP contribution in [0.1, 0.15) is 17.4 Å². The fourth-order valence-electron chi connectivity index (χ4n) is 1.72. The van der Waals surface area contributed by atoms with E-state index in [0.29, 0.717) is 17.2 Å². The van der Waals surface area contributed by atoms with Crippen LogP contribution in [0.4, 0.5) is 0 Å². The number of methoxy groups -OCH3 is 1. The number of aromatic nitrogens is 1. The van der Waals surface area contributed by atoms with Crippen molar-refractivity contribution in [2.24, 2.45) is 0 Å². The highest BCUT2D eigenvalue weighted by Gasteiger charge is 2.11. The van der Waals surface area contributed by atoms with Crippen LogP contribution in [-0.4, -0.2) is 17.2 Å². The first-order valence-corrected chi connectivity index (χ1v) is 6.00. The molecule has 0 saturated carbocycles. The van der Waals surface area contributed by atoms with Gasteiger partial charge >= 0.3 is 0 Å². The van der Waals surface area contributed by atoms with Crippen molar-refractivity contribution >= 4 is 11.6 Å². The van der Waals surface area contributed by atoms with E-state index in [-0.39, 0.29) is 0 Å². The van der Waals surface area contributed by atoms with Crippen molar-refractivity contribution in [1.82, 2.24) is 4.98 Å². The number of ether oxygens (including phenoxy) is 1. The summed E-state index contributed by atoms with van der Waals surface area (Å²) >= 11 is 6.02. The lowest BCUT2D eigenvalue weighted by atomic mass is 10.0. The van der Waals surface area contributed by atoms with Crippen LogP contribution in [0, 0.1) is 0 Å². The lowest BCUT2D eigenvalue weighted by Crippen LogP contribution is -2.03. The van der Waals surface area contributed by atoms with Crippen LogP contribution >= 0.6 is 11.6 Å². The van der Waals surface area contributed by atoms with Gasteiger partial charge in [0.25, 0.3) is 0 Å². The molecule has 0 fully saturated rings. The molecule has 94 valence electrons. The summed E-state index contributed by atoms with van der Waals surface area (Å²) in [6, 6.07) is 10.9. The molecule has 0 spiro atoms. The topological polar surface area (TPSA) is 42.4 Å². The van der Waals surface area contributed by atoms with Crippen molar-refractivity contribution in [1.29, 1.82) is 0 Å². The minimum atomic E-state index is -0.622. The zero-order valence-corrected chi connectivity index (χ0v) is 10.8. The summed E-state index contributed by atoms with van der Waals surface area (Å²) < 4.78 is 5.07. The second-order valence-electron chi connectivity index (χ2n) is 3.93. The van der Waals surface area contributed by atoms with Gasteiger partial charge in [-0.05, 0) is 29.8 Å². The quantitative estimate of drug-likeness (QED) is 0.922. The van der Waals surface area contributed by atoms with Gasteiger partial charge in [0.2, 0.25) is 0 Å². The third kappa shape index (κ3) is 3.00. The first-order chi connectivity index (χ1) is 8.70. The fraction of sp³-hybridized carbons (Fsp3) is 0.214. The number of rotatable bonds is 4. The maximum Gasteiger partial charge on any atom is 0.137 e. The van der Waals surface area contributed by atoms with Crippen molar-refractivity contribution < 1.29 is 9.84 Å². The zero-order valence-electron chi connectivity index (χ0n) is 10.0. The standard InChI is InChI=1S/C14H14ClNO2/c1-18-14-6-5-10(8-12(14)15)13(17)9-11-4-2-3-7-16-11/h2-8,13,17H,9H2,1H3. The van der Waals surface area contributed by atoms with Gasteiger partial charge in [-0.3, -0.25) is 4.98 Å². The third-order valence-corrected chi connectivity index (χ3v) is 2.98. The highest BCUT2D eigenvalue weighted by atomic mass is 35.5. The Bertz CT molecular complexity index is 516. The van der Waals surface area contributed by atoms with Gasteiger partial charge in [-0.2, -0.15) is 0 Å². The van der Waals surface area contributed by atoms with E-state index in [0.717, 1.165) is 11.3 Å². The van der Waals surface area contributed by atoms with E-state index in [1.54, 1.807) is 31.5 Å². The molecule has 1 aromatic heterocycles. The molecule has 0 aliphatic heterocycles. The molecular formula is C14H14ClNO2. The first-order valence-electron chi connectivity index (χ1n) is 5.62. The highest BCUT2D eigenvalue weighted by Crippen LogP contribution is 2.28. The summed E-state index contributed by atoms with van der Waals surface area (Å²) in [6.45, 7) is 0. The molecule has 1 N–H and O–H groups in total. The number of pyridine rings is 1. The van der Waals surface area contributed by atoms with E-state index < -0.39 is 6.10 Å². The molecule has 0 bridgehead atoms. The Morgan fingerprint density at radius 2 is 2.17 bits per heavy atom. The summed E-state index contributed by atoms with van der Waals surface area (Å²) in [4.78, 5) is 4.18. The zero-order chi connectivity index (χ0) is 13.0. The van der Waals surface area contributed by atoms with E-state index in [1.165, 1.54) is 0 Å². The third-order valence-electron chi connectivity index (χ3n) is 2.69. The maximum absolute atomic E-state index is 10.1. The molecule has 1 atom stereocenters. The highest BCUT2D eigenvalue weighted by molar-refractivity contribution is 6.32. The summed E-state index contributed by atoms with van der Waals surface area (Å²) in [5, 5.41) is 10.6. The number of halogens is 1. The van der Waals surface area contributed by atoms with E-state index in [2.05, 4.69) is 4.98 Å². The monoisotopic (exact) mass is 263 g/mol. The van der Waals surface area contributed by atoms with Gasteiger partial charge in [0.15, 0.2) is 0 Å². The van der Waals surface area contributed by atoms with Crippen LogP contribution in [0.3, 0.4) is 0 Å². The Labute approximate surface area is 111 Å². The maximum atomic E-state index is 10.1. The number of nitrogens with zero attached hydrogens (tertiary/aromatic N) is 1. The van der Waals surface area contributed by atoms with E-state index in [1.807, 2.05) is 18.2 Å². The average molecular weight is 264 g/mol. The van der Waals surface area contributed by atoms with Crippen LogP contribution in [0.25, 0.3) is 0 Å². The van der Waals surface area contributed by atoms with Crippen molar-refractivity contribution in [2.45, 2.75) is 12.5 Å². The fourth-order valence-corrected chi connectivity index (χ4v) is 1.99. The molecule has 4 heteroatoms. The Kier molecular flexibility index (Phi) is 4.18. The summed E-state index contributed by atoms with van der Waals surface area (Å²) in [7, 11) is 1.56. The van der Waals surface area contributed by atoms with E-state index in [9.17, 15) is 5.11 Å². The first kappa shape index (κ1) is 12.9.